The van der Waals surface area contributed by atoms with Crippen LogP contribution in [0.25, 0.3) is 0 Å². The molecule has 0 saturated carbocycles. The summed E-state index contributed by atoms with van der Waals surface area (Å²) in [6.07, 6.45) is 1.62. The van der Waals surface area contributed by atoms with Gasteiger partial charge in [-0.25, -0.2) is 0 Å². The van der Waals surface area contributed by atoms with Crippen LogP contribution in [0.4, 0.5) is 0 Å². The van der Waals surface area contributed by atoms with Gasteiger partial charge in [-0.2, -0.15) is 0 Å². The average Bonchev–Trinajstić information content (AvgIpc) is 2.29. The zero-order valence-corrected chi connectivity index (χ0v) is 10.4. The van der Waals surface area contributed by atoms with Crippen LogP contribution < -0.4 is 0 Å². The molecule has 1 aromatic heterocycles. The molecule has 0 saturated heterocycles. The molecule has 0 fully saturated rings. The van der Waals surface area contributed by atoms with Crippen LogP contribution in [0.15, 0.2) is 47.1 Å². The van der Waals surface area contributed by atoms with Gasteiger partial charge in [-0.15, -0.1) is 0 Å². The molecule has 3 heteroatoms. The van der Waals surface area contributed by atoms with Gasteiger partial charge in [0.1, 0.15) is 5.69 Å². The van der Waals surface area contributed by atoms with Crippen molar-refractivity contribution in [2.24, 2.45) is 0 Å². The first-order chi connectivity index (χ1) is 7.68. The largest absolute Gasteiger partial charge is 0.287 e. The molecule has 0 unspecified atom stereocenters. The number of pyridine rings is 1. The lowest BCUT2D eigenvalue weighted by atomic mass is 10.1. The van der Waals surface area contributed by atoms with E-state index in [0.717, 1.165) is 10.0 Å². The highest BCUT2D eigenvalue weighted by atomic mass is 79.9. The van der Waals surface area contributed by atoms with E-state index in [4.69, 9.17) is 0 Å². The monoisotopic (exact) mass is 275 g/mol. The Kier molecular flexibility index (Phi) is 3.15. The summed E-state index contributed by atoms with van der Waals surface area (Å²) in [6, 6.07) is 11.1. The van der Waals surface area contributed by atoms with Crippen LogP contribution in [-0.2, 0) is 0 Å². The van der Waals surface area contributed by atoms with Gasteiger partial charge in [-0.3, -0.25) is 9.78 Å². The number of ketones is 1. The van der Waals surface area contributed by atoms with Gasteiger partial charge in [0.05, 0.1) is 0 Å². The van der Waals surface area contributed by atoms with Crippen LogP contribution in [0.2, 0.25) is 0 Å². The van der Waals surface area contributed by atoms with Gasteiger partial charge in [0, 0.05) is 16.2 Å². The molecular weight excluding hydrogens is 266 g/mol. The molecule has 0 N–H and O–H groups in total. The van der Waals surface area contributed by atoms with Gasteiger partial charge >= 0.3 is 0 Å². The highest BCUT2D eigenvalue weighted by molar-refractivity contribution is 9.10. The van der Waals surface area contributed by atoms with Crippen LogP contribution in [0.1, 0.15) is 21.6 Å². The first kappa shape index (κ1) is 11.0. The normalized spacial score (nSPS) is 10.1. The second-order valence-corrected chi connectivity index (χ2v) is 4.39. The van der Waals surface area contributed by atoms with Crippen molar-refractivity contribution in [3.05, 3.63) is 63.9 Å². The van der Waals surface area contributed by atoms with Crippen molar-refractivity contribution in [2.75, 3.05) is 0 Å². The highest BCUT2D eigenvalue weighted by Gasteiger charge is 2.13. The summed E-state index contributed by atoms with van der Waals surface area (Å²) in [5, 5.41) is 0. The Hall–Kier alpha value is -1.48. The second-order valence-electron chi connectivity index (χ2n) is 3.53. The molecule has 0 aliphatic heterocycles. The molecule has 2 nitrogen and oxygen atoms in total. The van der Waals surface area contributed by atoms with Crippen molar-refractivity contribution in [1.29, 1.82) is 0 Å². The van der Waals surface area contributed by atoms with E-state index in [-0.39, 0.29) is 5.78 Å². The maximum absolute atomic E-state index is 12.1. The Labute approximate surface area is 102 Å². The summed E-state index contributed by atoms with van der Waals surface area (Å²) in [6.45, 7) is 1.96. The minimum absolute atomic E-state index is 0.0591. The number of hydrogen-bond acceptors (Lipinski definition) is 2. The van der Waals surface area contributed by atoms with Gasteiger partial charge < -0.3 is 0 Å². The van der Waals surface area contributed by atoms with Crippen molar-refractivity contribution in [2.45, 2.75) is 6.92 Å². The van der Waals surface area contributed by atoms with Crippen molar-refractivity contribution >= 4 is 21.7 Å². The highest BCUT2D eigenvalue weighted by Crippen LogP contribution is 2.17. The molecule has 1 aromatic carbocycles. The molecule has 2 rings (SSSR count). The second kappa shape index (κ2) is 4.58. The van der Waals surface area contributed by atoms with E-state index in [2.05, 4.69) is 20.9 Å². The molecule has 0 aliphatic rings. The van der Waals surface area contributed by atoms with Gasteiger partial charge in [0.2, 0.25) is 5.78 Å². The molecule has 0 bridgehead atoms. The molecule has 2 aromatic rings. The molecule has 0 radical (unpaired) electrons. The SMILES string of the molecule is Cc1cccc(C(=O)c2ncccc2Br)c1. The molecule has 0 amide bonds. The quantitative estimate of drug-likeness (QED) is 0.787. The number of benzene rings is 1. The van der Waals surface area contributed by atoms with Crippen molar-refractivity contribution in [3.63, 3.8) is 0 Å². The smallest absolute Gasteiger partial charge is 0.212 e. The predicted molar refractivity (Wildman–Crippen MR) is 66.5 cm³/mol. The van der Waals surface area contributed by atoms with Gasteiger partial charge in [-0.1, -0.05) is 23.8 Å². The van der Waals surface area contributed by atoms with E-state index in [1.807, 2.05) is 31.2 Å². The van der Waals surface area contributed by atoms with Crippen LogP contribution in [-0.4, -0.2) is 10.8 Å². The summed E-state index contributed by atoms with van der Waals surface area (Å²) >= 11 is 3.33. The summed E-state index contributed by atoms with van der Waals surface area (Å²) in [5.41, 5.74) is 2.19. The predicted octanol–water partition coefficient (Wildman–Crippen LogP) is 3.38. The van der Waals surface area contributed by atoms with Crippen LogP contribution >= 0.6 is 15.9 Å². The molecule has 80 valence electrons. The number of halogens is 1. The van der Waals surface area contributed by atoms with Crippen molar-refractivity contribution in [1.82, 2.24) is 4.98 Å². The van der Waals surface area contributed by atoms with E-state index in [1.165, 1.54) is 0 Å². The third-order valence-electron chi connectivity index (χ3n) is 2.25. The Bertz CT molecular complexity index is 537. The summed E-state index contributed by atoms with van der Waals surface area (Å²) in [7, 11) is 0. The fourth-order valence-corrected chi connectivity index (χ4v) is 1.91. The zero-order valence-electron chi connectivity index (χ0n) is 8.77. The fourth-order valence-electron chi connectivity index (χ4n) is 1.48. The lowest BCUT2D eigenvalue weighted by molar-refractivity contribution is 0.103. The third-order valence-corrected chi connectivity index (χ3v) is 2.89. The maximum Gasteiger partial charge on any atom is 0.212 e. The number of carbonyl (C=O) groups is 1. The molecule has 1 heterocycles. The standard InChI is InChI=1S/C13H10BrNO/c1-9-4-2-5-10(8-9)13(16)12-11(14)6-3-7-15-12/h2-8H,1H3. The summed E-state index contributed by atoms with van der Waals surface area (Å²) < 4.78 is 0.724. The summed E-state index contributed by atoms with van der Waals surface area (Å²) in [5.74, 6) is -0.0591. The fraction of sp³-hybridized carbons (Fsp3) is 0.0769. The lowest BCUT2D eigenvalue weighted by Crippen LogP contribution is -2.04. The van der Waals surface area contributed by atoms with E-state index in [9.17, 15) is 4.79 Å². The lowest BCUT2D eigenvalue weighted by Gasteiger charge is -2.03. The first-order valence-electron chi connectivity index (χ1n) is 4.90. The van der Waals surface area contributed by atoms with E-state index >= 15 is 0 Å². The summed E-state index contributed by atoms with van der Waals surface area (Å²) in [4.78, 5) is 16.2. The van der Waals surface area contributed by atoms with E-state index in [1.54, 1.807) is 18.3 Å². The van der Waals surface area contributed by atoms with Gasteiger partial charge in [0.15, 0.2) is 0 Å². The molecule has 0 aliphatic carbocycles. The first-order valence-corrected chi connectivity index (χ1v) is 5.69. The van der Waals surface area contributed by atoms with Crippen LogP contribution in [0.5, 0.6) is 0 Å². The Morgan fingerprint density at radius 2 is 2.06 bits per heavy atom. The Balaban J connectivity index is 2.44. The van der Waals surface area contributed by atoms with Gasteiger partial charge in [-0.05, 0) is 41.1 Å². The Morgan fingerprint density at radius 3 is 2.75 bits per heavy atom. The van der Waals surface area contributed by atoms with Crippen molar-refractivity contribution in [3.8, 4) is 0 Å². The minimum atomic E-state index is -0.0591. The molecule has 0 atom stereocenters. The molecule has 0 spiro atoms. The topological polar surface area (TPSA) is 30.0 Å². The van der Waals surface area contributed by atoms with Crippen molar-refractivity contribution < 1.29 is 4.79 Å². The van der Waals surface area contributed by atoms with E-state index in [0.29, 0.717) is 11.3 Å². The number of aryl methyl sites for hydroxylation is 1. The molecular formula is C13H10BrNO. The average molecular weight is 276 g/mol. The maximum atomic E-state index is 12.1. The Morgan fingerprint density at radius 1 is 1.25 bits per heavy atom. The zero-order chi connectivity index (χ0) is 11.5. The van der Waals surface area contributed by atoms with E-state index < -0.39 is 0 Å². The third kappa shape index (κ3) is 2.19. The van der Waals surface area contributed by atoms with Gasteiger partial charge in [0.25, 0.3) is 0 Å². The number of rotatable bonds is 2. The number of hydrogen-bond donors (Lipinski definition) is 0. The number of aromatic nitrogens is 1. The van der Waals surface area contributed by atoms with Crippen LogP contribution in [0.3, 0.4) is 0 Å². The number of nitrogens with zero attached hydrogens (tertiary/aromatic N) is 1. The van der Waals surface area contributed by atoms with Crippen LogP contribution in [0, 0.1) is 6.92 Å². The minimum Gasteiger partial charge on any atom is -0.287 e. The number of carbonyl (C=O) groups excluding carboxylic acids is 1. The molecule has 16 heavy (non-hydrogen) atoms.